The maximum Gasteiger partial charge on any atom is 0.246 e. The smallest absolute Gasteiger partial charge is 0.246 e. The summed E-state index contributed by atoms with van der Waals surface area (Å²) in [5, 5.41) is 8.04. The molecule has 0 spiro atoms. The molecule has 0 saturated heterocycles. The number of methoxy groups -OCH3 is 1. The predicted octanol–water partition coefficient (Wildman–Crippen LogP) is 5.21. The monoisotopic (exact) mass is 467 g/mol. The average Bonchev–Trinajstić information content (AvgIpc) is 3.21. The highest BCUT2D eigenvalue weighted by Gasteiger charge is 2.24. The number of aromatic nitrogens is 2. The molecule has 3 aromatic carbocycles. The van der Waals surface area contributed by atoms with Gasteiger partial charge in [-0.1, -0.05) is 19.6 Å². The summed E-state index contributed by atoms with van der Waals surface area (Å²) < 4.78 is 40.0. The normalized spacial score (nSPS) is 12.6. The molecule has 0 radical (unpaired) electrons. The first-order valence-electron chi connectivity index (χ1n) is 10.4. The molecule has 1 aromatic heterocycles. The van der Waals surface area contributed by atoms with Gasteiger partial charge >= 0.3 is 0 Å². The van der Waals surface area contributed by atoms with Crippen molar-refractivity contribution in [1.29, 1.82) is 0 Å². The molecule has 178 valence electrons. The minimum absolute atomic E-state index is 0. The third-order valence-electron chi connectivity index (χ3n) is 5.17. The standard InChI is InChI=1S/C25H23F2N3O3.CH4/c1-16(29-24(31)15-32-2)25(17-4-3-5-20(27)12-17)33-22-10-11-23-18(13-22)14-28-30(23)21-8-6-19(26)7-9-21;/h3-14,16,25H,15H2,1-2H3,(H,29,31);1H4/t16-,25-;/m0./s1. The molecule has 0 fully saturated rings. The lowest BCUT2D eigenvalue weighted by molar-refractivity contribution is -0.126. The molecule has 4 aromatic rings. The van der Waals surface area contributed by atoms with Crippen molar-refractivity contribution in [1.82, 2.24) is 15.1 Å². The Morgan fingerprint density at radius 3 is 2.53 bits per heavy atom. The van der Waals surface area contributed by atoms with Gasteiger partial charge in [-0.15, -0.1) is 0 Å². The minimum Gasteiger partial charge on any atom is -0.484 e. The minimum atomic E-state index is -0.647. The van der Waals surface area contributed by atoms with Crippen LogP contribution in [0.4, 0.5) is 8.78 Å². The topological polar surface area (TPSA) is 65.4 Å². The van der Waals surface area contributed by atoms with Crippen molar-refractivity contribution in [2.75, 3.05) is 13.7 Å². The lowest BCUT2D eigenvalue weighted by Gasteiger charge is -2.26. The number of fused-ring (bicyclic) bond motifs is 1. The quantitative estimate of drug-likeness (QED) is 0.386. The molecule has 2 atom stereocenters. The van der Waals surface area contributed by atoms with Crippen LogP contribution in [0.15, 0.2) is 72.9 Å². The summed E-state index contributed by atoms with van der Waals surface area (Å²) in [5.74, 6) is -0.483. The number of halogens is 2. The van der Waals surface area contributed by atoms with Gasteiger partial charge in [0.25, 0.3) is 0 Å². The molecule has 0 aliphatic carbocycles. The van der Waals surface area contributed by atoms with E-state index < -0.39 is 18.0 Å². The van der Waals surface area contributed by atoms with Gasteiger partial charge in [0, 0.05) is 12.5 Å². The molecular weight excluding hydrogens is 440 g/mol. The summed E-state index contributed by atoms with van der Waals surface area (Å²) >= 11 is 0. The Bertz CT molecular complexity index is 1260. The highest BCUT2D eigenvalue weighted by atomic mass is 19.1. The third-order valence-corrected chi connectivity index (χ3v) is 5.17. The maximum absolute atomic E-state index is 13.9. The van der Waals surface area contributed by atoms with Crippen molar-refractivity contribution in [3.63, 3.8) is 0 Å². The molecule has 1 heterocycles. The lowest BCUT2D eigenvalue weighted by atomic mass is 10.0. The Labute approximate surface area is 197 Å². The molecule has 8 heteroatoms. The van der Waals surface area contributed by atoms with Crippen molar-refractivity contribution in [2.24, 2.45) is 0 Å². The van der Waals surface area contributed by atoms with Crippen molar-refractivity contribution in [2.45, 2.75) is 26.5 Å². The third kappa shape index (κ3) is 5.58. The summed E-state index contributed by atoms with van der Waals surface area (Å²) in [6.07, 6.45) is 1.04. The largest absolute Gasteiger partial charge is 0.484 e. The van der Waals surface area contributed by atoms with E-state index in [1.807, 2.05) is 12.1 Å². The van der Waals surface area contributed by atoms with E-state index in [-0.39, 0.29) is 25.8 Å². The van der Waals surface area contributed by atoms with Gasteiger partial charge in [0.15, 0.2) is 0 Å². The Kier molecular flexibility index (Phi) is 7.96. The average molecular weight is 468 g/mol. The van der Waals surface area contributed by atoms with Gasteiger partial charge in [-0.05, 0) is 67.1 Å². The van der Waals surface area contributed by atoms with Gasteiger partial charge in [-0.25, -0.2) is 13.5 Å². The van der Waals surface area contributed by atoms with Gasteiger partial charge in [-0.3, -0.25) is 4.79 Å². The summed E-state index contributed by atoms with van der Waals surface area (Å²) in [7, 11) is 1.44. The van der Waals surface area contributed by atoms with Crippen LogP contribution in [0, 0.1) is 11.6 Å². The summed E-state index contributed by atoms with van der Waals surface area (Å²) in [5.41, 5.74) is 2.13. The van der Waals surface area contributed by atoms with E-state index in [4.69, 9.17) is 9.47 Å². The van der Waals surface area contributed by atoms with Crippen molar-refractivity contribution >= 4 is 16.8 Å². The fourth-order valence-corrected chi connectivity index (χ4v) is 3.66. The molecule has 0 bridgehead atoms. The van der Waals surface area contributed by atoms with Crippen LogP contribution < -0.4 is 10.1 Å². The van der Waals surface area contributed by atoms with E-state index >= 15 is 0 Å². The zero-order valence-corrected chi connectivity index (χ0v) is 18.2. The van der Waals surface area contributed by atoms with E-state index in [0.717, 1.165) is 16.6 Å². The predicted molar refractivity (Wildman–Crippen MR) is 127 cm³/mol. The van der Waals surface area contributed by atoms with E-state index in [2.05, 4.69) is 10.4 Å². The van der Waals surface area contributed by atoms with Crippen LogP contribution in [0.2, 0.25) is 0 Å². The van der Waals surface area contributed by atoms with Gasteiger partial charge < -0.3 is 14.8 Å². The number of amides is 1. The number of nitrogens with one attached hydrogen (secondary N) is 1. The lowest BCUT2D eigenvalue weighted by Crippen LogP contribution is -2.40. The van der Waals surface area contributed by atoms with Gasteiger partial charge in [-0.2, -0.15) is 5.10 Å². The number of nitrogens with zero attached hydrogens (tertiary/aromatic N) is 2. The molecule has 0 saturated carbocycles. The molecule has 0 unspecified atom stereocenters. The summed E-state index contributed by atoms with van der Waals surface area (Å²) in [6, 6.07) is 17.1. The SMILES string of the molecule is C.COCC(=O)N[C@@H](C)[C@H](Oc1ccc2c(cnn2-c2ccc(F)cc2)c1)c1cccc(F)c1. The Morgan fingerprint density at radius 2 is 1.82 bits per heavy atom. The van der Waals surface area contributed by atoms with E-state index in [9.17, 15) is 13.6 Å². The number of benzene rings is 3. The molecule has 1 amide bonds. The van der Waals surface area contributed by atoms with Crippen LogP contribution in [-0.4, -0.2) is 35.4 Å². The van der Waals surface area contributed by atoms with Crippen LogP contribution in [-0.2, 0) is 9.53 Å². The summed E-state index contributed by atoms with van der Waals surface area (Å²) in [4.78, 5) is 12.0. The molecule has 34 heavy (non-hydrogen) atoms. The number of carbonyl (C=O) groups is 1. The van der Waals surface area contributed by atoms with Gasteiger partial charge in [0.05, 0.1) is 23.4 Å². The first-order chi connectivity index (χ1) is 15.9. The van der Waals surface area contributed by atoms with Crippen LogP contribution >= 0.6 is 0 Å². The van der Waals surface area contributed by atoms with Crippen molar-refractivity contribution in [3.8, 4) is 11.4 Å². The summed E-state index contributed by atoms with van der Waals surface area (Å²) in [6.45, 7) is 1.70. The van der Waals surface area contributed by atoms with E-state index in [1.165, 1.54) is 31.4 Å². The molecule has 0 aliphatic rings. The number of carbonyl (C=O) groups excluding carboxylic acids is 1. The number of rotatable bonds is 8. The van der Waals surface area contributed by atoms with E-state index in [1.54, 1.807) is 48.1 Å². The van der Waals surface area contributed by atoms with Gasteiger partial charge in [0.2, 0.25) is 5.91 Å². The van der Waals surface area contributed by atoms with Gasteiger partial charge in [0.1, 0.15) is 30.1 Å². The van der Waals surface area contributed by atoms with Crippen molar-refractivity contribution in [3.05, 3.63) is 90.1 Å². The fraction of sp³-hybridized carbons (Fsp3) is 0.231. The second-order valence-electron chi connectivity index (χ2n) is 7.64. The van der Waals surface area contributed by atoms with Crippen LogP contribution in [0.3, 0.4) is 0 Å². The Morgan fingerprint density at radius 1 is 1.06 bits per heavy atom. The fourth-order valence-electron chi connectivity index (χ4n) is 3.66. The Hall–Kier alpha value is -3.78. The highest BCUT2D eigenvalue weighted by molar-refractivity contribution is 5.81. The maximum atomic E-state index is 13.9. The molecule has 1 N–H and O–H groups in total. The highest BCUT2D eigenvalue weighted by Crippen LogP contribution is 2.29. The van der Waals surface area contributed by atoms with E-state index in [0.29, 0.717) is 11.3 Å². The van der Waals surface area contributed by atoms with Crippen LogP contribution in [0.1, 0.15) is 26.0 Å². The molecule has 6 nitrogen and oxygen atoms in total. The second-order valence-corrected chi connectivity index (χ2v) is 7.64. The van der Waals surface area contributed by atoms with Crippen LogP contribution in [0.5, 0.6) is 5.75 Å². The number of hydrogen-bond acceptors (Lipinski definition) is 4. The van der Waals surface area contributed by atoms with Crippen molar-refractivity contribution < 1.29 is 23.0 Å². The number of hydrogen-bond donors (Lipinski definition) is 1. The molecule has 0 aliphatic heterocycles. The Balaban J connectivity index is 0.00000324. The zero-order valence-electron chi connectivity index (χ0n) is 18.2. The second kappa shape index (κ2) is 10.9. The first-order valence-corrected chi connectivity index (χ1v) is 10.4. The molecular formula is C26H27F2N3O3. The zero-order chi connectivity index (χ0) is 23.4. The molecule has 4 rings (SSSR count). The first kappa shape index (κ1) is 24.9. The number of ether oxygens (including phenoxy) is 2. The van der Waals surface area contributed by atoms with Crippen LogP contribution in [0.25, 0.3) is 16.6 Å².